The van der Waals surface area contributed by atoms with E-state index in [-0.39, 0.29) is 12.6 Å². The maximum atomic E-state index is 9.47. The first-order valence-electron chi connectivity index (χ1n) is 5.77. The number of rotatable bonds is 3. The van der Waals surface area contributed by atoms with Crippen LogP contribution in [0.15, 0.2) is 18.3 Å². The highest BCUT2D eigenvalue weighted by atomic mass is 32.1. The van der Waals surface area contributed by atoms with Crippen LogP contribution in [-0.2, 0) is 0 Å². The molecular weight excluding hydrogens is 234 g/mol. The highest BCUT2D eigenvalue weighted by Crippen LogP contribution is 2.30. The first-order valence-corrected chi connectivity index (χ1v) is 6.18. The summed E-state index contributed by atoms with van der Waals surface area (Å²) in [6.07, 6.45) is 2.75. The molecule has 0 aromatic carbocycles. The standard InChI is InChI=1S/C12H17N3OS/c1-8-4-6-15(10(8)7-16)9-3-2-5-14-11(9)12(13)17/h2-3,5,8,10,16H,4,6-7H2,1H3,(H2,13,17). The van der Waals surface area contributed by atoms with Crippen LogP contribution >= 0.6 is 12.2 Å². The second-order valence-corrected chi connectivity index (χ2v) is 4.88. The van der Waals surface area contributed by atoms with Gasteiger partial charge in [0.25, 0.3) is 0 Å². The van der Waals surface area contributed by atoms with Crippen molar-refractivity contribution in [1.82, 2.24) is 4.98 Å². The highest BCUT2D eigenvalue weighted by Gasteiger charge is 2.32. The van der Waals surface area contributed by atoms with Gasteiger partial charge in [-0.3, -0.25) is 4.98 Å². The van der Waals surface area contributed by atoms with E-state index in [1.165, 1.54) is 0 Å². The summed E-state index contributed by atoms with van der Waals surface area (Å²) in [6, 6.07) is 3.96. The van der Waals surface area contributed by atoms with E-state index in [0.29, 0.717) is 16.6 Å². The number of aliphatic hydroxyl groups excluding tert-OH is 1. The molecule has 0 bridgehead atoms. The molecule has 1 aromatic heterocycles. The molecule has 3 N–H and O–H groups in total. The van der Waals surface area contributed by atoms with Gasteiger partial charge in [0, 0.05) is 12.7 Å². The molecule has 2 atom stereocenters. The van der Waals surface area contributed by atoms with Crippen LogP contribution in [0.3, 0.4) is 0 Å². The van der Waals surface area contributed by atoms with Gasteiger partial charge in [-0.15, -0.1) is 0 Å². The summed E-state index contributed by atoms with van der Waals surface area (Å²) < 4.78 is 0. The van der Waals surface area contributed by atoms with E-state index in [2.05, 4.69) is 16.8 Å². The molecule has 2 unspecified atom stereocenters. The zero-order chi connectivity index (χ0) is 12.4. The summed E-state index contributed by atoms with van der Waals surface area (Å²) in [6.45, 7) is 3.21. The summed E-state index contributed by atoms with van der Waals surface area (Å²) >= 11 is 5.02. The zero-order valence-corrected chi connectivity index (χ0v) is 10.7. The second kappa shape index (κ2) is 4.98. The second-order valence-electron chi connectivity index (χ2n) is 4.44. The third kappa shape index (κ3) is 2.25. The Morgan fingerprint density at radius 3 is 3.12 bits per heavy atom. The zero-order valence-electron chi connectivity index (χ0n) is 9.84. The number of aromatic nitrogens is 1. The monoisotopic (exact) mass is 251 g/mol. The van der Waals surface area contributed by atoms with Gasteiger partial charge in [-0.05, 0) is 24.5 Å². The van der Waals surface area contributed by atoms with Crippen molar-refractivity contribution in [2.24, 2.45) is 11.7 Å². The number of anilines is 1. The van der Waals surface area contributed by atoms with Crippen molar-refractivity contribution in [3.05, 3.63) is 24.0 Å². The van der Waals surface area contributed by atoms with E-state index >= 15 is 0 Å². The maximum absolute atomic E-state index is 9.47. The Morgan fingerprint density at radius 1 is 1.71 bits per heavy atom. The van der Waals surface area contributed by atoms with Gasteiger partial charge >= 0.3 is 0 Å². The van der Waals surface area contributed by atoms with E-state index in [4.69, 9.17) is 18.0 Å². The number of nitrogens with two attached hydrogens (primary N) is 1. The minimum atomic E-state index is 0.132. The predicted molar refractivity (Wildman–Crippen MR) is 72.1 cm³/mol. The Morgan fingerprint density at radius 2 is 2.47 bits per heavy atom. The average Bonchev–Trinajstić information content (AvgIpc) is 2.70. The van der Waals surface area contributed by atoms with Crippen LogP contribution in [0.4, 0.5) is 5.69 Å². The lowest BCUT2D eigenvalue weighted by atomic mass is 10.0. The molecule has 0 aliphatic carbocycles. The summed E-state index contributed by atoms with van der Waals surface area (Å²) in [7, 11) is 0. The first-order chi connectivity index (χ1) is 8.15. The molecule has 1 aromatic rings. The normalized spacial score (nSPS) is 24.0. The van der Waals surface area contributed by atoms with Crippen LogP contribution in [0.1, 0.15) is 19.0 Å². The van der Waals surface area contributed by atoms with Gasteiger partial charge in [0.1, 0.15) is 10.7 Å². The van der Waals surface area contributed by atoms with Gasteiger partial charge in [-0.25, -0.2) is 0 Å². The molecule has 1 saturated heterocycles. The first kappa shape index (κ1) is 12.3. The SMILES string of the molecule is CC1CCN(c2cccnc2C(N)=S)C1CO. The molecule has 0 spiro atoms. The fraction of sp³-hybridized carbons (Fsp3) is 0.500. The van der Waals surface area contributed by atoms with Crippen LogP contribution < -0.4 is 10.6 Å². The van der Waals surface area contributed by atoms with Crippen molar-refractivity contribution in [3.8, 4) is 0 Å². The third-order valence-corrected chi connectivity index (χ3v) is 3.59. The molecule has 0 saturated carbocycles. The lowest BCUT2D eigenvalue weighted by Crippen LogP contribution is -2.36. The number of aliphatic hydroxyl groups is 1. The quantitative estimate of drug-likeness (QED) is 0.782. The summed E-state index contributed by atoms with van der Waals surface area (Å²) in [4.78, 5) is 6.69. The van der Waals surface area contributed by atoms with Crippen molar-refractivity contribution in [2.45, 2.75) is 19.4 Å². The van der Waals surface area contributed by atoms with Crippen molar-refractivity contribution in [2.75, 3.05) is 18.1 Å². The van der Waals surface area contributed by atoms with Gasteiger partial charge < -0.3 is 15.7 Å². The Balaban J connectivity index is 2.37. The summed E-state index contributed by atoms with van der Waals surface area (Å²) in [5.74, 6) is 0.472. The molecule has 2 rings (SSSR count). The van der Waals surface area contributed by atoms with E-state index < -0.39 is 0 Å². The lowest BCUT2D eigenvalue weighted by Gasteiger charge is -2.28. The highest BCUT2D eigenvalue weighted by molar-refractivity contribution is 7.80. The molecule has 4 nitrogen and oxygen atoms in total. The number of hydrogen-bond acceptors (Lipinski definition) is 4. The van der Waals surface area contributed by atoms with E-state index in [0.717, 1.165) is 18.7 Å². The topological polar surface area (TPSA) is 62.4 Å². The number of thiocarbonyl (C=S) groups is 1. The minimum Gasteiger partial charge on any atom is -0.394 e. The van der Waals surface area contributed by atoms with Crippen LogP contribution in [0, 0.1) is 5.92 Å². The molecule has 2 heterocycles. The molecule has 5 heteroatoms. The molecule has 1 fully saturated rings. The summed E-state index contributed by atoms with van der Waals surface area (Å²) in [5, 5.41) is 9.47. The molecule has 0 radical (unpaired) electrons. The van der Waals surface area contributed by atoms with Crippen LogP contribution in [-0.4, -0.2) is 34.3 Å². The Hall–Kier alpha value is -1.20. The lowest BCUT2D eigenvalue weighted by molar-refractivity contribution is 0.244. The van der Waals surface area contributed by atoms with Crippen molar-refractivity contribution >= 4 is 22.9 Å². The van der Waals surface area contributed by atoms with Crippen LogP contribution in [0.5, 0.6) is 0 Å². The molecule has 17 heavy (non-hydrogen) atoms. The van der Waals surface area contributed by atoms with Crippen LogP contribution in [0.25, 0.3) is 0 Å². The maximum Gasteiger partial charge on any atom is 0.124 e. The fourth-order valence-electron chi connectivity index (χ4n) is 2.40. The van der Waals surface area contributed by atoms with E-state index in [1.54, 1.807) is 6.20 Å². The van der Waals surface area contributed by atoms with Gasteiger partial charge in [-0.1, -0.05) is 19.1 Å². The number of hydrogen-bond donors (Lipinski definition) is 2. The van der Waals surface area contributed by atoms with Crippen molar-refractivity contribution in [1.29, 1.82) is 0 Å². The average molecular weight is 251 g/mol. The smallest absolute Gasteiger partial charge is 0.124 e. The van der Waals surface area contributed by atoms with E-state index in [9.17, 15) is 5.11 Å². The number of nitrogens with zero attached hydrogens (tertiary/aromatic N) is 2. The van der Waals surface area contributed by atoms with Gasteiger partial charge in [-0.2, -0.15) is 0 Å². The molecule has 1 aliphatic rings. The van der Waals surface area contributed by atoms with Crippen LogP contribution in [0.2, 0.25) is 0 Å². The third-order valence-electron chi connectivity index (χ3n) is 3.40. The summed E-state index contributed by atoms with van der Waals surface area (Å²) in [5.41, 5.74) is 7.27. The van der Waals surface area contributed by atoms with E-state index in [1.807, 2.05) is 12.1 Å². The van der Waals surface area contributed by atoms with Crippen molar-refractivity contribution < 1.29 is 5.11 Å². The molecule has 92 valence electrons. The predicted octanol–water partition coefficient (Wildman–Crippen LogP) is 0.923. The van der Waals surface area contributed by atoms with Crippen molar-refractivity contribution in [3.63, 3.8) is 0 Å². The largest absolute Gasteiger partial charge is 0.394 e. The molecule has 0 amide bonds. The van der Waals surface area contributed by atoms with Gasteiger partial charge in [0.15, 0.2) is 0 Å². The number of pyridine rings is 1. The Labute approximate surface area is 106 Å². The van der Waals surface area contributed by atoms with Gasteiger partial charge in [0.2, 0.25) is 0 Å². The minimum absolute atomic E-state index is 0.132. The molecule has 1 aliphatic heterocycles. The fourth-order valence-corrected chi connectivity index (χ4v) is 2.56. The Bertz CT molecular complexity index is 424. The molecular formula is C12H17N3OS. The van der Waals surface area contributed by atoms with Gasteiger partial charge in [0.05, 0.1) is 18.3 Å². The Kier molecular flexibility index (Phi) is 3.59.